The summed E-state index contributed by atoms with van der Waals surface area (Å²) in [6.45, 7) is 6.74. The van der Waals surface area contributed by atoms with Crippen LogP contribution < -0.4 is 10.0 Å². The molecule has 6 heteroatoms. The standard InChI is InChI=1S/C22H30N2O3S/c1-4-6-10-18(5-2)16-23-22(25)19-14-13-17(3)21(15-19)24-28(26,27)20-11-8-7-9-12-20/h7-9,11-15,18,24H,4-6,10,16H2,1-3H3,(H,23,25)/t18-/m1/s1. The fraction of sp³-hybridized carbons (Fsp3) is 0.409. The molecule has 2 N–H and O–H groups in total. The largest absolute Gasteiger partial charge is 0.352 e. The maximum Gasteiger partial charge on any atom is 0.261 e. The Morgan fingerprint density at radius 1 is 1.07 bits per heavy atom. The Bertz CT molecular complexity index is 880. The number of hydrogen-bond acceptors (Lipinski definition) is 3. The third-order valence-electron chi connectivity index (χ3n) is 4.89. The first-order chi connectivity index (χ1) is 13.4. The molecule has 1 atom stereocenters. The van der Waals surface area contributed by atoms with Crippen molar-refractivity contribution >= 4 is 21.6 Å². The van der Waals surface area contributed by atoms with Gasteiger partial charge in [-0.15, -0.1) is 0 Å². The van der Waals surface area contributed by atoms with Gasteiger partial charge >= 0.3 is 0 Å². The summed E-state index contributed by atoms with van der Waals surface area (Å²) in [4.78, 5) is 12.7. The Hall–Kier alpha value is -2.34. The lowest BCUT2D eigenvalue weighted by Gasteiger charge is -2.16. The average molecular weight is 403 g/mol. The molecule has 1 amide bonds. The van der Waals surface area contributed by atoms with Crippen molar-refractivity contribution in [2.75, 3.05) is 11.3 Å². The molecular weight excluding hydrogens is 372 g/mol. The summed E-state index contributed by atoms with van der Waals surface area (Å²) in [6.07, 6.45) is 4.43. The molecule has 2 aromatic carbocycles. The van der Waals surface area contributed by atoms with Crippen LogP contribution in [0.2, 0.25) is 0 Å². The van der Waals surface area contributed by atoms with Crippen molar-refractivity contribution in [3.05, 3.63) is 59.7 Å². The molecule has 0 aliphatic rings. The Morgan fingerprint density at radius 2 is 1.79 bits per heavy atom. The Labute approximate surface area is 168 Å². The van der Waals surface area contributed by atoms with E-state index in [2.05, 4.69) is 23.9 Å². The zero-order valence-corrected chi connectivity index (χ0v) is 17.7. The summed E-state index contributed by atoms with van der Waals surface area (Å²) < 4.78 is 27.7. The predicted molar refractivity (Wildman–Crippen MR) is 114 cm³/mol. The van der Waals surface area contributed by atoms with Crippen molar-refractivity contribution in [2.24, 2.45) is 5.92 Å². The summed E-state index contributed by atoms with van der Waals surface area (Å²) in [5.74, 6) is 0.278. The molecule has 2 aromatic rings. The second-order valence-electron chi connectivity index (χ2n) is 7.07. The van der Waals surface area contributed by atoms with Crippen molar-refractivity contribution in [1.82, 2.24) is 5.32 Å². The molecule has 0 aliphatic heterocycles. The second kappa shape index (κ2) is 10.3. The van der Waals surface area contributed by atoms with E-state index in [4.69, 9.17) is 0 Å². The normalized spacial score (nSPS) is 12.4. The highest BCUT2D eigenvalue weighted by molar-refractivity contribution is 7.92. The smallest absolute Gasteiger partial charge is 0.261 e. The van der Waals surface area contributed by atoms with E-state index in [0.29, 0.717) is 23.7 Å². The van der Waals surface area contributed by atoms with Gasteiger partial charge in [0.25, 0.3) is 15.9 Å². The Balaban J connectivity index is 2.11. The van der Waals surface area contributed by atoms with Gasteiger partial charge in [0.05, 0.1) is 10.6 Å². The number of unbranched alkanes of at least 4 members (excludes halogenated alkanes) is 1. The van der Waals surface area contributed by atoms with E-state index in [0.717, 1.165) is 31.2 Å². The van der Waals surface area contributed by atoms with E-state index < -0.39 is 10.0 Å². The van der Waals surface area contributed by atoms with Crippen LogP contribution >= 0.6 is 0 Å². The lowest BCUT2D eigenvalue weighted by molar-refractivity contribution is 0.0946. The maximum absolute atomic E-state index is 12.6. The zero-order valence-electron chi connectivity index (χ0n) is 16.9. The van der Waals surface area contributed by atoms with Gasteiger partial charge in [-0.25, -0.2) is 8.42 Å². The van der Waals surface area contributed by atoms with Crippen molar-refractivity contribution in [2.45, 2.75) is 51.3 Å². The molecule has 0 aliphatic carbocycles. The fourth-order valence-corrected chi connectivity index (χ4v) is 4.10. The summed E-state index contributed by atoms with van der Waals surface area (Å²) in [7, 11) is -3.70. The molecule has 0 saturated heterocycles. The first-order valence-corrected chi connectivity index (χ1v) is 11.3. The molecule has 2 rings (SSSR count). The second-order valence-corrected chi connectivity index (χ2v) is 8.76. The molecule has 0 aromatic heterocycles. The number of anilines is 1. The molecular formula is C22H30N2O3S. The van der Waals surface area contributed by atoms with E-state index in [1.54, 1.807) is 36.4 Å². The maximum atomic E-state index is 12.6. The van der Waals surface area contributed by atoms with Crippen LogP contribution in [0.3, 0.4) is 0 Å². The van der Waals surface area contributed by atoms with E-state index in [9.17, 15) is 13.2 Å². The number of benzene rings is 2. The highest BCUT2D eigenvalue weighted by atomic mass is 32.2. The molecule has 0 spiro atoms. The first-order valence-electron chi connectivity index (χ1n) is 9.84. The highest BCUT2D eigenvalue weighted by Crippen LogP contribution is 2.21. The van der Waals surface area contributed by atoms with Crippen molar-refractivity contribution in [1.29, 1.82) is 0 Å². The van der Waals surface area contributed by atoms with E-state index in [-0.39, 0.29) is 10.8 Å². The molecule has 0 radical (unpaired) electrons. The van der Waals surface area contributed by atoms with Crippen LogP contribution in [-0.2, 0) is 10.0 Å². The number of aryl methyl sites for hydroxylation is 1. The lowest BCUT2D eigenvalue weighted by Crippen LogP contribution is -2.29. The Morgan fingerprint density at radius 3 is 2.43 bits per heavy atom. The predicted octanol–water partition coefficient (Wildman–Crippen LogP) is 4.74. The number of nitrogens with one attached hydrogen (secondary N) is 2. The Kier molecular flexibility index (Phi) is 8.05. The first kappa shape index (κ1) is 22.0. The van der Waals surface area contributed by atoms with Gasteiger partial charge in [0, 0.05) is 12.1 Å². The SMILES string of the molecule is CCCC[C@@H](CC)CNC(=O)c1ccc(C)c(NS(=O)(=O)c2ccccc2)c1. The van der Waals surface area contributed by atoms with Gasteiger partial charge in [-0.2, -0.15) is 0 Å². The number of sulfonamides is 1. The van der Waals surface area contributed by atoms with Crippen LogP contribution in [0, 0.1) is 12.8 Å². The van der Waals surface area contributed by atoms with Crippen LogP contribution in [0.25, 0.3) is 0 Å². The minimum absolute atomic E-state index is 0.185. The van der Waals surface area contributed by atoms with Gasteiger partial charge in [0.15, 0.2) is 0 Å². The summed E-state index contributed by atoms with van der Waals surface area (Å²) >= 11 is 0. The van der Waals surface area contributed by atoms with Crippen LogP contribution in [0.4, 0.5) is 5.69 Å². The van der Waals surface area contributed by atoms with Crippen molar-refractivity contribution in [3.8, 4) is 0 Å². The van der Waals surface area contributed by atoms with Gasteiger partial charge < -0.3 is 5.32 Å². The minimum Gasteiger partial charge on any atom is -0.352 e. The quantitative estimate of drug-likeness (QED) is 0.603. The topological polar surface area (TPSA) is 75.3 Å². The van der Waals surface area contributed by atoms with E-state index in [1.165, 1.54) is 12.1 Å². The van der Waals surface area contributed by atoms with Gasteiger partial charge in [0.2, 0.25) is 0 Å². The van der Waals surface area contributed by atoms with Crippen LogP contribution in [0.5, 0.6) is 0 Å². The molecule has 0 unspecified atom stereocenters. The molecule has 0 saturated carbocycles. The number of hydrogen-bond donors (Lipinski definition) is 2. The molecule has 0 bridgehead atoms. The molecule has 28 heavy (non-hydrogen) atoms. The molecule has 0 heterocycles. The minimum atomic E-state index is -3.70. The molecule has 0 fully saturated rings. The number of carbonyl (C=O) groups excluding carboxylic acids is 1. The van der Waals surface area contributed by atoms with Gasteiger partial charge in [-0.1, -0.05) is 57.4 Å². The fourth-order valence-electron chi connectivity index (χ4n) is 2.96. The van der Waals surface area contributed by atoms with E-state index >= 15 is 0 Å². The monoisotopic (exact) mass is 402 g/mol. The lowest BCUT2D eigenvalue weighted by atomic mass is 9.99. The summed E-state index contributed by atoms with van der Waals surface area (Å²) in [5, 5.41) is 2.98. The number of rotatable bonds is 10. The van der Waals surface area contributed by atoms with Gasteiger partial charge in [-0.3, -0.25) is 9.52 Å². The number of amides is 1. The van der Waals surface area contributed by atoms with Crippen molar-refractivity contribution in [3.63, 3.8) is 0 Å². The highest BCUT2D eigenvalue weighted by Gasteiger charge is 2.17. The van der Waals surface area contributed by atoms with E-state index in [1.807, 2.05) is 6.92 Å². The number of carbonyl (C=O) groups is 1. The zero-order chi connectivity index (χ0) is 20.6. The molecule has 152 valence electrons. The van der Waals surface area contributed by atoms with Crippen LogP contribution in [0.15, 0.2) is 53.4 Å². The summed E-state index contributed by atoms with van der Waals surface area (Å²) in [6, 6.07) is 13.3. The average Bonchev–Trinajstić information content (AvgIpc) is 2.70. The third-order valence-corrected chi connectivity index (χ3v) is 6.27. The van der Waals surface area contributed by atoms with Crippen LogP contribution in [-0.4, -0.2) is 20.9 Å². The van der Waals surface area contributed by atoms with Gasteiger partial charge in [0.1, 0.15) is 0 Å². The van der Waals surface area contributed by atoms with Crippen LogP contribution in [0.1, 0.15) is 55.5 Å². The molecule has 5 nitrogen and oxygen atoms in total. The third kappa shape index (κ3) is 6.09. The van der Waals surface area contributed by atoms with Crippen molar-refractivity contribution < 1.29 is 13.2 Å². The summed E-state index contributed by atoms with van der Waals surface area (Å²) in [5.41, 5.74) is 1.61. The van der Waals surface area contributed by atoms with Gasteiger partial charge in [-0.05, 0) is 49.1 Å².